The molecule has 104 valence electrons. The predicted molar refractivity (Wildman–Crippen MR) is 77.5 cm³/mol. The third kappa shape index (κ3) is 5.34. The van der Waals surface area contributed by atoms with Gasteiger partial charge >= 0.3 is 5.97 Å². The molecule has 1 aromatic rings. The average molecular weight is 281 g/mol. The van der Waals surface area contributed by atoms with Crippen molar-refractivity contribution in [3.05, 3.63) is 34.4 Å². The molecule has 0 bridgehead atoms. The second-order valence-electron chi connectivity index (χ2n) is 4.54. The summed E-state index contributed by atoms with van der Waals surface area (Å²) in [4.78, 5) is 21.9. The van der Waals surface area contributed by atoms with E-state index in [1.165, 1.54) is 5.56 Å². The van der Waals surface area contributed by atoms with Crippen molar-refractivity contribution in [1.29, 1.82) is 0 Å². The van der Waals surface area contributed by atoms with Crippen molar-refractivity contribution in [2.24, 2.45) is 0 Å². The third-order valence-electron chi connectivity index (χ3n) is 2.76. The highest BCUT2D eigenvalue weighted by Crippen LogP contribution is 2.16. The van der Waals surface area contributed by atoms with Gasteiger partial charge in [0.25, 0.3) is 0 Å². The van der Waals surface area contributed by atoms with Crippen LogP contribution in [0.2, 0.25) is 0 Å². The average Bonchev–Trinajstić information content (AvgIpc) is 2.26. The number of thioether (sulfide) groups is 1. The van der Waals surface area contributed by atoms with Gasteiger partial charge in [0, 0.05) is 6.54 Å². The van der Waals surface area contributed by atoms with Gasteiger partial charge in [0.05, 0.1) is 11.5 Å². The lowest BCUT2D eigenvalue weighted by atomic mass is 10.00. The number of hydrogen-bond acceptors (Lipinski definition) is 3. The van der Waals surface area contributed by atoms with Crippen LogP contribution in [0.3, 0.4) is 0 Å². The third-order valence-corrected chi connectivity index (χ3v) is 3.68. The first kappa shape index (κ1) is 15.6. The zero-order valence-corrected chi connectivity index (χ0v) is 12.3. The van der Waals surface area contributed by atoms with Gasteiger partial charge in [-0.05, 0) is 37.5 Å². The van der Waals surface area contributed by atoms with Gasteiger partial charge in [0.2, 0.25) is 5.91 Å². The van der Waals surface area contributed by atoms with Crippen LogP contribution >= 0.6 is 11.8 Å². The highest BCUT2D eigenvalue weighted by Gasteiger charge is 2.07. The Kier molecular flexibility index (Phi) is 5.89. The molecule has 0 spiro atoms. The molecule has 0 aliphatic heterocycles. The summed E-state index contributed by atoms with van der Waals surface area (Å²) in [5.74, 6) is -0.902. The first-order valence-electron chi connectivity index (χ1n) is 6.03. The summed E-state index contributed by atoms with van der Waals surface area (Å²) in [6, 6.07) is 4.18. The second-order valence-corrected chi connectivity index (χ2v) is 5.53. The minimum absolute atomic E-state index is 0.0456. The highest BCUT2D eigenvalue weighted by atomic mass is 32.2. The summed E-state index contributed by atoms with van der Waals surface area (Å²) in [5.41, 5.74) is 4.66. The number of aliphatic carboxylic acids is 1. The van der Waals surface area contributed by atoms with E-state index in [0.717, 1.165) is 28.5 Å². The number of hydrogen-bond donors (Lipinski definition) is 2. The fourth-order valence-electron chi connectivity index (χ4n) is 1.96. The topological polar surface area (TPSA) is 66.4 Å². The lowest BCUT2D eigenvalue weighted by Crippen LogP contribution is -2.25. The van der Waals surface area contributed by atoms with Gasteiger partial charge in [0.1, 0.15) is 0 Å². The Morgan fingerprint density at radius 1 is 1.16 bits per heavy atom. The van der Waals surface area contributed by atoms with E-state index in [1.54, 1.807) is 0 Å². The number of rotatable bonds is 6. The SMILES string of the molecule is Cc1cc(C)c(CNC(=O)CSCC(=O)O)c(C)c1. The molecule has 5 heteroatoms. The maximum absolute atomic E-state index is 11.6. The molecule has 0 aliphatic carbocycles. The van der Waals surface area contributed by atoms with Crippen LogP contribution in [0.15, 0.2) is 12.1 Å². The first-order valence-corrected chi connectivity index (χ1v) is 7.18. The second kappa shape index (κ2) is 7.19. The van der Waals surface area contributed by atoms with Gasteiger partial charge in [-0.1, -0.05) is 17.7 Å². The van der Waals surface area contributed by atoms with Gasteiger partial charge in [0.15, 0.2) is 0 Å². The summed E-state index contributed by atoms with van der Waals surface area (Å²) in [6.45, 7) is 6.59. The summed E-state index contributed by atoms with van der Waals surface area (Å²) < 4.78 is 0. The molecule has 0 aliphatic rings. The first-order chi connectivity index (χ1) is 8.90. The lowest BCUT2D eigenvalue weighted by molar-refractivity contribution is -0.133. The molecule has 4 nitrogen and oxygen atoms in total. The number of nitrogens with one attached hydrogen (secondary N) is 1. The molecule has 0 saturated carbocycles. The van der Waals surface area contributed by atoms with Crippen molar-refractivity contribution in [2.45, 2.75) is 27.3 Å². The summed E-state index contributed by atoms with van der Waals surface area (Å²) >= 11 is 1.10. The van der Waals surface area contributed by atoms with Crippen molar-refractivity contribution in [3.8, 4) is 0 Å². The van der Waals surface area contributed by atoms with E-state index in [-0.39, 0.29) is 17.4 Å². The lowest BCUT2D eigenvalue weighted by Gasteiger charge is -2.12. The van der Waals surface area contributed by atoms with Crippen molar-refractivity contribution >= 4 is 23.6 Å². The van der Waals surface area contributed by atoms with Crippen LogP contribution in [0.5, 0.6) is 0 Å². The van der Waals surface area contributed by atoms with Crippen molar-refractivity contribution in [1.82, 2.24) is 5.32 Å². The Morgan fingerprint density at radius 2 is 1.74 bits per heavy atom. The van der Waals surface area contributed by atoms with Crippen LogP contribution in [0.4, 0.5) is 0 Å². The largest absolute Gasteiger partial charge is 0.481 e. The molecule has 0 atom stereocenters. The molecule has 0 saturated heterocycles. The fourth-order valence-corrected chi connectivity index (χ4v) is 2.52. The number of carbonyl (C=O) groups is 2. The van der Waals surface area contributed by atoms with E-state index in [0.29, 0.717) is 6.54 Å². The molecule has 1 rings (SSSR count). The summed E-state index contributed by atoms with van der Waals surface area (Å²) in [6.07, 6.45) is 0. The standard InChI is InChI=1S/C14H19NO3S/c1-9-4-10(2)12(11(3)5-9)6-15-13(16)7-19-8-14(17)18/h4-5H,6-8H2,1-3H3,(H,15,16)(H,17,18). The zero-order valence-electron chi connectivity index (χ0n) is 11.4. The fraction of sp³-hybridized carbons (Fsp3) is 0.429. The molecule has 0 unspecified atom stereocenters. The Hall–Kier alpha value is -1.49. The summed E-state index contributed by atoms with van der Waals surface area (Å²) in [7, 11) is 0. The molecular formula is C14H19NO3S. The van der Waals surface area contributed by atoms with Gasteiger partial charge in [-0.25, -0.2) is 0 Å². The Bertz CT molecular complexity index is 463. The number of benzene rings is 1. The van der Waals surface area contributed by atoms with Gasteiger partial charge in [-0.2, -0.15) is 0 Å². The van der Waals surface area contributed by atoms with Crippen molar-refractivity contribution in [3.63, 3.8) is 0 Å². The highest BCUT2D eigenvalue weighted by molar-refractivity contribution is 8.00. The van der Waals surface area contributed by atoms with E-state index < -0.39 is 5.97 Å². The van der Waals surface area contributed by atoms with Gasteiger partial charge in [-0.15, -0.1) is 11.8 Å². The summed E-state index contributed by atoms with van der Waals surface area (Å²) in [5, 5.41) is 11.3. The van der Waals surface area contributed by atoms with E-state index in [2.05, 4.69) is 17.4 Å². The molecule has 1 aromatic carbocycles. The molecule has 0 heterocycles. The minimum atomic E-state index is -0.900. The number of aryl methyl sites for hydroxylation is 3. The maximum atomic E-state index is 11.6. The quantitative estimate of drug-likeness (QED) is 0.837. The van der Waals surface area contributed by atoms with Crippen molar-refractivity contribution < 1.29 is 14.7 Å². The molecule has 2 N–H and O–H groups in total. The van der Waals surface area contributed by atoms with Crippen LogP contribution in [0.25, 0.3) is 0 Å². The van der Waals surface area contributed by atoms with E-state index in [9.17, 15) is 9.59 Å². The normalized spacial score (nSPS) is 10.3. The van der Waals surface area contributed by atoms with E-state index in [4.69, 9.17) is 5.11 Å². The number of carbonyl (C=O) groups excluding carboxylic acids is 1. The Labute approximate surface area is 117 Å². The maximum Gasteiger partial charge on any atom is 0.313 e. The minimum Gasteiger partial charge on any atom is -0.481 e. The Morgan fingerprint density at radius 3 is 2.26 bits per heavy atom. The smallest absolute Gasteiger partial charge is 0.313 e. The molecule has 19 heavy (non-hydrogen) atoms. The molecule has 1 amide bonds. The van der Waals surface area contributed by atoms with Gasteiger partial charge in [-0.3, -0.25) is 9.59 Å². The monoisotopic (exact) mass is 281 g/mol. The van der Waals surface area contributed by atoms with Crippen LogP contribution < -0.4 is 5.32 Å². The van der Waals surface area contributed by atoms with Crippen molar-refractivity contribution in [2.75, 3.05) is 11.5 Å². The number of amides is 1. The molecule has 0 radical (unpaired) electrons. The number of carboxylic acids is 1. The van der Waals surface area contributed by atoms with Crippen LogP contribution in [0, 0.1) is 20.8 Å². The van der Waals surface area contributed by atoms with Crippen LogP contribution in [0.1, 0.15) is 22.3 Å². The predicted octanol–water partition coefficient (Wildman–Crippen LogP) is 2.05. The van der Waals surface area contributed by atoms with Crippen LogP contribution in [-0.4, -0.2) is 28.5 Å². The molecule has 0 fully saturated rings. The van der Waals surface area contributed by atoms with Gasteiger partial charge < -0.3 is 10.4 Å². The molecule has 0 aromatic heterocycles. The Balaban J connectivity index is 2.48. The van der Waals surface area contributed by atoms with E-state index in [1.807, 2.05) is 20.8 Å². The van der Waals surface area contributed by atoms with Crippen LogP contribution in [-0.2, 0) is 16.1 Å². The van der Waals surface area contributed by atoms with E-state index >= 15 is 0 Å². The molecular weight excluding hydrogens is 262 g/mol. The number of carboxylic acid groups (broad SMARTS) is 1. The zero-order chi connectivity index (χ0) is 14.4.